The van der Waals surface area contributed by atoms with Crippen LogP contribution in [0.5, 0.6) is 0 Å². The average molecular weight is 314 g/mol. The van der Waals surface area contributed by atoms with Gasteiger partial charge in [-0.1, -0.05) is 47.2 Å². The number of rotatable bonds is 6. The van der Waals surface area contributed by atoms with Crippen molar-refractivity contribution in [2.45, 2.75) is 38.7 Å². The Morgan fingerprint density at radius 2 is 1.95 bits per heavy atom. The molecule has 0 saturated heterocycles. The molecule has 22 heavy (non-hydrogen) atoms. The zero-order valence-corrected chi connectivity index (χ0v) is 14.2. The van der Waals surface area contributed by atoms with E-state index in [2.05, 4.69) is 32.9 Å². The van der Waals surface area contributed by atoms with Crippen molar-refractivity contribution in [2.24, 2.45) is 0 Å². The fourth-order valence-electron chi connectivity index (χ4n) is 2.11. The molecule has 1 aromatic carbocycles. The predicted molar refractivity (Wildman–Crippen MR) is 95.6 cm³/mol. The number of hydrogen-bond donors (Lipinski definition) is 0. The van der Waals surface area contributed by atoms with E-state index >= 15 is 0 Å². The number of allylic oxidation sites excluding steroid dienone is 3. The molecule has 3 heteroatoms. The van der Waals surface area contributed by atoms with Crippen LogP contribution in [0.15, 0.2) is 67.9 Å². The number of benzene rings is 1. The predicted octanol–water partition coefficient (Wildman–Crippen LogP) is 5.58. The first-order valence-corrected chi connectivity index (χ1v) is 8.49. The van der Waals surface area contributed by atoms with Crippen LogP contribution in [-0.4, -0.2) is 5.75 Å². The molecule has 1 aromatic heterocycles. The summed E-state index contributed by atoms with van der Waals surface area (Å²) in [6.07, 6.45) is 6.62. The SMILES string of the molecule is CC(C)=CCC/C(C)=C/CSc1cc(=O)c2ccccc2o1. The van der Waals surface area contributed by atoms with Crippen LogP contribution < -0.4 is 5.43 Å². The minimum atomic E-state index is 0.0219. The van der Waals surface area contributed by atoms with E-state index in [0.29, 0.717) is 16.1 Å². The van der Waals surface area contributed by atoms with Gasteiger partial charge in [-0.05, 0) is 45.7 Å². The first-order chi connectivity index (χ1) is 10.6. The second-order valence-electron chi connectivity index (χ2n) is 5.61. The lowest BCUT2D eigenvalue weighted by molar-refractivity contribution is 0.500. The summed E-state index contributed by atoms with van der Waals surface area (Å²) in [4.78, 5) is 12.0. The smallest absolute Gasteiger partial charge is 0.193 e. The Balaban J connectivity index is 1.97. The van der Waals surface area contributed by atoms with E-state index in [4.69, 9.17) is 4.42 Å². The van der Waals surface area contributed by atoms with E-state index in [-0.39, 0.29) is 5.43 Å². The molecule has 0 N–H and O–H groups in total. The molecule has 0 aliphatic heterocycles. The van der Waals surface area contributed by atoms with Crippen LogP contribution in [0.25, 0.3) is 11.0 Å². The Labute approximate surface area is 135 Å². The van der Waals surface area contributed by atoms with Gasteiger partial charge in [0.25, 0.3) is 0 Å². The first kappa shape index (κ1) is 16.6. The molecule has 0 saturated carbocycles. The van der Waals surface area contributed by atoms with Crippen molar-refractivity contribution in [3.8, 4) is 0 Å². The molecule has 0 radical (unpaired) electrons. The topological polar surface area (TPSA) is 30.2 Å². The van der Waals surface area contributed by atoms with Crippen molar-refractivity contribution >= 4 is 22.7 Å². The highest BCUT2D eigenvalue weighted by Gasteiger charge is 2.03. The lowest BCUT2D eigenvalue weighted by atomic mass is 10.1. The lowest BCUT2D eigenvalue weighted by Crippen LogP contribution is -1.99. The fraction of sp³-hybridized carbons (Fsp3) is 0.316. The molecule has 0 aliphatic rings. The van der Waals surface area contributed by atoms with E-state index in [0.717, 1.165) is 18.6 Å². The van der Waals surface area contributed by atoms with E-state index in [9.17, 15) is 4.79 Å². The number of thioether (sulfide) groups is 1. The van der Waals surface area contributed by atoms with Gasteiger partial charge < -0.3 is 4.42 Å². The molecule has 2 nitrogen and oxygen atoms in total. The summed E-state index contributed by atoms with van der Waals surface area (Å²) in [6.45, 7) is 6.39. The highest BCUT2D eigenvalue weighted by atomic mass is 32.2. The molecule has 0 amide bonds. The van der Waals surface area contributed by atoms with Gasteiger partial charge in [0.05, 0.1) is 5.39 Å². The van der Waals surface area contributed by atoms with Crippen LogP contribution in [0.4, 0.5) is 0 Å². The van der Waals surface area contributed by atoms with Crippen LogP contribution in [0.2, 0.25) is 0 Å². The Kier molecular flexibility index (Phi) is 6.08. The largest absolute Gasteiger partial charge is 0.450 e. The molecule has 2 aromatic rings. The monoisotopic (exact) mass is 314 g/mol. The first-order valence-electron chi connectivity index (χ1n) is 7.51. The summed E-state index contributed by atoms with van der Waals surface area (Å²) in [7, 11) is 0. The molecule has 0 fully saturated rings. The second-order valence-corrected chi connectivity index (χ2v) is 6.63. The maximum absolute atomic E-state index is 12.0. The Hall–Kier alpha value is -1.74. The summed E-state index contributed by atoms with van der Waals surface area (Å²) < 4.78 is 5.76. The van der Waals surface area contributed by atoms with E-state index in [1.165, 1.54) is 11.1 Å². The fourth-order valence-corrected chi connectivity index (χ4v) is 2.98. The standard InChI is InChI=1S/C19H22O2S/c1-14(2)7-6-8-15(3)11-12-22-19-13-17(20)16-9-4-5-10-18(16)21-19/h4-5,7,9-11,13H,6,8,12H2,1-3H3/b15-11+. The highest BCUT2D eigenvalue weighted by molar-refractivity contribution is 7.99. The van der Waals surface area contributed by atoms with E-state index in [1.807, 2.05) is 18.2 Å². The molecular weight excluding hydrogens is 292 g/mol. The van der Waals surface area contributed by atoms with Gasteiger partial charge in [0.15, 0.2) is 10.5 Å². The summed E-state index contributed by atoms with van der Waals surface area (Å²) in [5.74, 6) is 0.821. The van der Waals surface area contributed by atoms with Crippen LogP contribution in [0.3, 0.4) is 0 Å². The molecular formula is C19H22O2S. The summed E-state index contributed by atoms with van der Waals surface area (Å²) >= 11 is 1.56. The van der Waals surface area contributed by atoms with Crippen LogP contribution >= 0.6 is 11.8 Å². The van der Waals surface area contributed by atoms with Crippen LogP contribution in [-0.2, 0) is 0 Å². The summed E-state index contributed by atoms with van der Waals surface area (Å²) in [5, 5.41) is 1.32. The number of hydrogen-bond acceptors (Lipinski definition) is 3. The molecule has 0 unspecified atom stereocenters. The van der Waals surface area contributed by atoms with Crippen molar-refractivity contribution in [1.82, 2.24) is 0 Å². The zero-order valence-electron chi connectivity index (χ0n) is 13.4. The molecule has 0 atom stereocenters. The van der Waals surface area contributed by atoms with Gasteiger partial charge in [0.1, 0.15) is 5.58 Å². The van der Waals surface area contributed by atoms with E-state index in [1.54, 1.807) is 23.9 Å². The van der Waals surface area contributed by atoms with Crippen LogP contribution in [0, 0.1) is 0 Å². The summed E-state index contributed by atoms with van der Waals surface area (Å²) in [5.41, 5.74) is 3.41. The van der Waals surface area contributed by atoms with Crippen molar-refractivity contribution in [3.05, 3.63) is 63.9 Å². The van der Waals surface area contributed by atoms with Gasteiger partial charge in [-0.2, -0.15) is 0 Å². The van der Waals surface area contributed by atoms with Crippen LogP contribution in [0.1, 0.15) is 33.6 Å². The van der Waals surface area contributed by atoms with Crippen molar-refractivity contribution in [3.63, 3.8) is 0 Å². The zero-order chi connectivity index (χ0) is 15.9. The molecule has 2 rings (SSSR count). The molecule has 1 heterocycles. The quantitative estimate of drug-likeness (QED) is 0.515. The second kappa shape index (κ2) is 8.04. The molecule has 0 aliphatic carbocycles. The van der Waals surface area contributed by atoms with E-state index < -0.39 is 0 Å². The summed E-state index contributed by atoms with van der Waals surface area (Å²) in [6, 6.07) is 8.95. The van der Waals surface area contributed by atoms with Gasteiger partial charge in [-0.25, -0.2) is 0 Å². The van der Waals surface area contributed by atoms with Gasteiger partial charge in [0, 0.05) is 11.8 Å². The Morgan fingerprint density at radius 1 is 1.18 bits per heavy atom. The average Bonchev–Trinajstić information content (AvgIpc) is 2.47. The lowest BCUT2D eigenvalue weighted by Gasteiger charge is -2.02. The van der Waals surface area contributed by atoms with Gasteiger partial charge in [-0.15, -0.1) is 0 Å². The van der Waals surface area contributed by atoms with Gasteiger partial charge >= 0.3 is 0 Å². The third-order valence-electron chi connectivity index (χ3n) is 3.36. The Morgan fingerprint density at radius 3 is 2.73 bits per heavy atom. The van der Waals surface area contributed by atoms with Crippen molar-refractivity contribution in [2.75, 3.05) is 5.75 Å². The normalized spacial score (nSPS) is 11.7. The number of para-hydroxylation sites is 1. The van der Waals surface area contributed by atoms with Crippen molar-refractivity contribution < 1.29 is 4.42 Å². The van der Waals surface area contributed by atoms with Gasteiger partial charge in [0.2, 0.25) is 0 Å². The number of fused-ring (bicyclic) bond motifs is 1. The Bertz CT molecular complexity index is 749. The van der Waals surface area contributed by atoms with Crippen molar-refractivity contribution in [1.29, 1.82) is 0 Å². The maximum atomic E-state index is 12.0. The maximum Gasteiger partial charge on any atom is 0.193 e. The molecule has 0 bridgehead atoms. The minimum absolute atomic E-state index is 0.0219. The van der Waals surface area contributed by atoms with Gasteiger partial charge in [-0.3, -0.25) is 4.79 Å². The molecule has 116 valence electrons. The minimum Gasteiger partial charge on any atom is -0.450 e. The molecule has 0 spiro atoms. The third kappa shape index (κ3) is 4.92. The third-order valence-corrected chi connectivity index (χ3v) is 4.18. The highest BCUT2D eigenvalue weighted by Crippen LogP contribution is 2.21.